The van der Waals surface area contributed by atoms with Crippen molar-refractivity contribution in [1.29, 1.82) is 0 Å². The highest BCUT2D eigenvalue weighted by Gasteiger charge is 2.38. The van der Waals surface area contributed by atoms with Crippen LogP contribution < -0.4 is 20.7 Å². The number of hydrogen-bond donors (Lipinski definition) is 3. The van der Waals surface area contributed by atoms with Crippen LogP contribution in [0.15, 0.2) is 12.4 Å². The van der Waals surface area contributed by atoms with Crippen LogP contribution in [0.4, 0.5) is 34.3 Å². The van der Waals surface area contributed by atoms with Gasteiger partial charge in [-0.05, 0) is 50.5 Å². The van der Waals surface area contributed by atoms with Gasteiger partial charge in [-0.2, -0.15) is 8.78 Å². The van der Waals surface area contributed by atoms with E-state index in [1.807, 2.05) is 0 Å². The summed E-state index contributed by atoms with van der Waals surface area (Å²) in [7, 11) is 1.56. The van der Waals surface area contributed by atoms with Crippen molar-refractivity contribution in [3.05, 3.63) is 28.4 Å². The van der Waals surface area contributed by atoms with Crippen molar-refractivity contribution in [3.63, 3.8) is 0 Å². The molecule has 1 atom stereocenters. The molecule has 3 aliphatic rings. The number of halogens is 4. The molecule has 0 unspecified atom stereocenters. The van der Waals surface area contributed by atoms with Gasteiger partial charge in [-0.25, -0.2) is 13.5 Å². The second-order valence-corrected chi connectivity index (χ2v) is 11.8. The number of fused-ring (bicyclic) bond motifs is 1. The molecule has 41 heavy (non-hydrogen) atoms. The molecule has 6 rings (SSSR count). The van der Waals surface area contributed by atoms with Crippen molar-refractivity contribution >= 4 is 39.9 Å². The number of rotatable bonds is 9. The number of carbonyl (C=O) groups is 2. The van der Waals surface area contributed by atoms with Crippen molar-refractivity contribution in [2.75, 3.05) is 10.6 Å². The molecule has 0 saturated heterocycles. The first-order valence-corrected chi connectivity index (χ1v) is 14.2. The monoisotopic (exact) mass is 596 g/mol. The third kappa shape index (κ3) is 5.61. The van der Waals surface area contributed by atoms with E-state index in [4.69, 9.17) is 0 Å². The highest BCUT2D eigenvalue weighted by molar-refractivity contribution is 7.17. The van der Waals surface area contributed by atoms with Crippen molar-refractivity contribution in [1.82, 2.24) is 29.9 Å². The molecular weight excluding hydrogens is 568 g/mol. The SMILES string of the molecule is Cn1nc(OC(F)F)cc1Nc1nncn1[C@H]1CCc2sc(NC(=O)C3CC(F)C3)c(C(=O)N[C@H]3C[C@H](F)C3)c2C1. The molecule has 3 aliphatic carbocycles. The number of hydrogen-bond acceptors (Lipinski definition) is 8. The lowest BCUT2D eigenvalue weighted by Crippen LogP contribution is -2.45. The molecule has 16 heteroatoms. The zero-order chi connectivity index (χ0) is 28.8. The van der Waals surface area contributed by atoms with Crippen molar-refractivity contribution in [2.45, 2.75) is 76.0 Å². The fourth-order valence-corrected chi connectivity index (χ4v) is 6.70. The van der Waals surface area contributed by atoms with E-state index in [2.05, 4.69) is 36.0 Å². The number of nitrogens with zero attached hydrogens (tertiary/aromatic N) is 5. The molecule has 3 heterocycles. The van der Waals surface area contributed by atoms with Crippen LogP contribution in [-0.4, -0.2) is 61.4 Å². The zero-order valence-corrected chi connectivity index (χ0v) is 22.8. The number of thiophene rings is 1. The van der Waals surface area contributed by atoms with E-state index in [9.17, 15) is 27.2 Å². The fraction of sp³-hybridized carbons (Fsp3) is 0.560. The smallest absolute Gasteiger partial charge is 0.388 e. The van der Waals surface area contributed by atoms with Crippen LogP contribution in [0.1, 0.15) is 58.9 Å². The normalized spacial score (nSPS) is 25.2. The minimum Gasteiger partial charge on any atom is -0.415 e. The Balaban J connectivity index is 1.24. The van der Waals surface area contributed by atoms with Gasteiger partial charge < -0.3 is 20.7 Å². The molecule has 0 spiro atoms. The van der Waals surface area contributed by atoms with Crippen molar-refractivity contribution < 1.29 is 31.9 Å². The van der Waals surface area contributed by atoms with Gasteiger partial charge >= 0.3 is 6.61 Å². The van der Waals surface area contributed by atoms with Gasteiger partial charge in [-0.15, -0.1) is 26.6 Å². The van der Waals surface area contributed by atoms with E-state index in [0.717, 1.165) is 10.4 Å². The number of aryl methyl sites for hydroxylation is 2. The van der Waals surface area contributed by atoms with E-state index in [1.54, 1.807) is 17.9 Å². The molecule has 3 aromatic heterocycles. The van der Waals surface area contributed by atoms with Gasteiger partial charge in [0.2, 0.25) is 17.7 Å². The lowest BCUT2D eigenvalue weighted by Gasteiger charge is -2.31. The van der Waals surface area contributed by atoms with E-state index in [1.165, 1.54) is 22.1 Å². The summed E-state index contributed by atoms with van der Waals surface area (Å²) in [5.74, 6) is -0.686. The molecule has 0 aliphatic heterocycles. The zero-order valence-electron chi connectivity index (χ0n) is 21.9. The quantitative estimate of drug-likeness (QED) is 0.318. The summed E-state index contributed by atoms with van der Waals surface area (Å²) < 4.78 is 59.5. The van der Waals surface area contributed by atoms with Gasteiger partial charge in [0.1, 0.15) is 29.5 Å². The highest BCUT2D eigenvalue weighted by atomic mass is 32.1. The van der Waals surface area contributed by atoms with Crippen LogP contribution in [-0.2, 0) is 24.7 Å². The highest BCUT2D eigenvalue weighted by Crippen LogP contribution is 2.43. The second-order valence-electron chi connectivity index (χ2n) is 10.7. The van der Waals surface area contributed by atoms with E-state index < -0.39 is 24.9 Å². The molecule has 0 bridgehead atoms. The van der Waals surface area contributed by atoms with Gasteiger partial charge in [0.05, 0.1) is 5.56 Å². The Labute approximate surface area is 235 Å². The van der Waals surface area contributed by atoms with Gasteiger partial charge in [-0.1, -0.05) is 0 Å². The summed E-state index contributed by atoms with van der Waals surface area (Å²) in [5, 5.41) is 21.3. The van der Waals surface area contributed by atoms with Gasteiger partial charge in [0.25, 0.3) is 5.91 Å². The molecule has 3 N–H and O–H groups in total. The Morgan fingerprint density at radius 3 is 2.63 bits per heavy atom. The Bertz CT molecular complexity index is 1450. The standard InChI is InChI=1S/C25H28F4N8O3S/c1-36-18(9-19(35-36)40-24(28)29)32-25-34-30-10-37(25)15-2-3-17-16(8-15)20(22(39)31-14-6-13(27)7-14)23(41-17)33-21(38)11-4-12(26)5-11/h9-15,24H,2-8H2,1H3,(H,31,39)(H,32,34)(H,33,38)/t11?,12?,13-,14-,15-/m0/s1. The summed E-state index contributed by atoms with van der Waals surface area (Å²) in [6.45, 7) is -3.01. The van der Waals surface area contributed by atoms with Crippen molar-refractivity contribution in [3.8, 4) is 5.88 Å². The van der Waals surface area contributed by atoms with Crippen molar-refractivity contribution in [2.24, 2.45) is 13.0 Å². The Morgan fingerprint density at radius 2 is 1.93 bits per heavy atom. The first kappa shape index (κ1) is 27.5. The maximum atomic E-state index is 13.5. The van der Waals surface area contributed by atoms with Crippen LogP contribution in [0.2, 0.25) is 0 Å². The van der Waals surface area contributed by atoms with E-state index >= 15 is 0 Å². The second kappa shape index (κ2) is 10.9. The number of amides is 2. The lowest BCUT2D eigenvalue weighted by molar-refractivity contribution is -0.124. The number of aromatic nitrogens is 5. The first-order chi connectivity index (χ1) is 19.6. The third-order valence-electron chi connectivity index (χ3n) is 7.84. The average Bonchev–Trinajstić information content (AvgIpc) is 3.57. The predicted molar refractivity (Wildman–Crippen MR) is 140 cm³/mol. The maximum Gasteiger partial charge on any atom is 0.388 e. The van der Waals surface area contributed by atoms with Crippen LogP contribution >= 0.6 is 11.3 Å². The summed E-state index contributed by atoms with van der Waals surface area (Å²) in [4.78, 5) is 27.2. The molecule has 0 aromatic carbocycles. The van der Waals surface area contributed by atoms with Gasteiger partial charge in [0, 0.05) is 36.0 Å². The Kier molecular flexibility index (Phi) is 7.34. The van der Waals surface area contributed by atoms with Gasteiger partial charge in [-0.3, -0.25) is 14.2 Å². The summed E-state index contributed by atoms with van der Waals surface area (Å²) in [6, 6.07) is 0.866. The number of anilines is 3. The first-order valence-electron chi connectivity index (χ1n) is 13.3. The topological polar surface area (TPSA) is 128 Å². The number of ether oxygens (including phenoxy) is 1. The van der Waals surface area contributed by atoms with Gasteiger partial charge in [0.15, 0.2) is 0 Å². The van der Waals surface area contributed by atoms with Crippen LogP contribution in [0.3, 0.4) is 0 Å². The summed E-state index contributed by atoms with van der Waals surface area (Å²) >= 11 is 1.34. The molecule has 2 saturated carbocycles. The average molecular weight is 597 g/mol. The minimum absolute atomic E-state index is 0.163. The third-order valence-corrected chi connectivity index (χ3v) is 9.05. The molecule has 220 valence electrons. The van der Waals surface area contributed by atoms with Crippen LogP contribution in [0.5, 0.6) is 5.88 Å². The number of alkyl halides is 4. The number of carbonyl (C=O) groups excluding carboxylic acids is 2. The predicted octanol–water partition coefficient (Wildman–Crippen LogP) is 4.07. The van der Waals surface area contributed by atoms with Crippen LogP contribution in [0.25, 0.3) is 0 Å². The minimum atomic E-state index is -3.01. The lowest BCUT2D eigenvalue weighted by atomic mass is 9.83. The molecule has 2 amide bonds. The van der Waals surface area contributed by atoms with E-state index in [-0.39, 0.29) is 55.5 Å². The summed E-state index contributed by atoms with van der Waals surface area (Å²) in [5.41, 5.74) is 1.13. The number of nitrogens with one attached hydrogen (secondary N) is 3. The molecule has 2 fully saturated rings. The Hall–Kier alpha value is -3.69. The van der Waals surface area contributed by atoms with Crippen LogP contribution in [0, 0.1) is 5.92 Å². The summed E-state index contributed by atoms with van der Waals surface area (Å²) in [6.07, 6.45) is 2.15. The molecule has 11 nitrogen and oxygen atoms in total. The Morgan fingerprint density at radius 1 is 1.17 bits per heavy atom. The molecular formula is C25H28F4N8O3S. The maximum absolute atomic E-state index is 13.5. The molecule has 0 radical (unpaired) electrons. The van der Waals surface area contributed by atoms with E-state index in [0.29, 0.717) is 41.6 Å². The fourth-order valence-electron chi connectivity index (χ4n) is 5.45. The molecule has 3 aromatic rings. The largest absolute Gasteiger partial charge is 0.415 e.